The number of nitrogens with one attached hydrogen (secondary N) is 1. The molecule has 1 aromatic heterocycles. The molecule has 188 valence electrons. The largest absolute Gasteiger partial charge is 0.339 e. The molecule has 2 heterocycles. The Hall–Kier alpha value is -2.69. The van der Waals surface area contributed by atoms with Crippen molar-refractivity contribution in [3.8, 4) is 0 Å². The van der Waals surface area contributed by atoms with Crippen LogP contribution in [0.5, 0.6) is 0 Å². The van der Waals surface area contributed by atoms with E-state index in [2.05, 4.69) is 10.3 Å². The first-order valence-electron chi connectivity index (χ1n) is 11.1. The highest BCUT2D eigenvalue weighted by atomic mass is 35.5. The number of hydrogen-bond acceptors (Lipinski definition) is 6. The lowest BCUT2D eigenvalue weighted by Crippen LogP contribution is -2.50. The summed E-state index contributed by atoms with van der Waals surface area (Å²) in [6.45, 7) is 6.99. The summed E-state index contributed by atoms with van der Waals surface area (Å²) in [7, 11) is 0. The number of piperazine rings is 1. The van der Waals surface area contributed by atoms with Crippen LogP contribution in [-0.2, 0) is 20.8 Å². The van der Waals surface area contributed by atoms with E-state index in [9.17, 15) is 19.2 Å². The van der Waals surface area contributed by atoms with Gasteiger partial charge in [0.05, 0.1) is 22.2 Å². The summed E-state index contributed by atoms with van der Waals surface area (Å²) in [6.07, 6.45) is 0.111. The van der Waals surface area contributed by atoms with Gasteiger partial charge in [0.25, 0.3) is 5.91 Å². The van der Waals surface area contributed by atoms with E-state index in [1.165, 1.54) is 35.3 Å². The fourth-order valence-electron chi connectivity index (χ4n) is 3.58. The van der Waals surface area contributed by atoms with Gasteiger partial charge < -0.3 is 20.0 Å². The third kappa shape index (κ3) is 7.16. The van der Waals surface area contributed by atoms with Crippen molar-refractivity contribution >= 4 is 63.3 Å². The van der Waals surface area contributed by atoms with E-state index in [0.717, 1.165) is 0 Å². The molecule has 0 unspecified atom stereocenters. The van der Waals surface area contributed by atoms with Crippen LogP contribution in [-0.4, -0.2) is 82.1 Å². The summed E-state index contributed by atoms with van der Waals surface area (Å²) in [6, 6.07) is 4.34. The van der Waals surface area contributed by atoms with Gasteiger partial charge in [-0.25, -0.2) is 4.98 Å². The molecule has 0 saturated carbocycles. The molecule has 0 spiro atoms. The third-order valence-corrected chi connectivity index (χ3v) is 7.12. The lowest BCUT2D eigenvalue weighted by atomic mass is 10.1. The van der Waals surface area contributed by atoms with Crippen molar-refractivity contribution in [3.05, 3.63) is 44.9 Å². The van der Waals surface area contributed by atoms with Crippen LogP contribution in [0.3, 0.4) is 0 Å². The number of carbonyl (C=O) groups excluding carboxylic acids is 4. The van der Waals surface area contributed by atoms with E-state index in [1.54, 1.807) is 21.2 Å². The van der Waals surface area contributed by atoms with Crippen molar-refractivity contribution in [2.45, 2.75) is 33.2 Å². The Kier molecular flexibility index (Phi) is 9.09. The van der Waals surface area contributed by atoms with E-state index in [-0.39, 0.29) is 41.8 Å². The number of amides is 4. The maximum atomic E-state index is 12.9. The Morgan fingerprint density at radius 1 is 1.09 bits per heavy atom. The van der Waals surface area contributed by atoms with Crippen LogP contribution >= 0.6 is 34.5 Å². The molecule has 1 aliphatic heterocycles. The lowest BCUT2D eigenvalue weighted by Gasteiger charge is -2.34. The summed E-state index contributed by atoms with van der Waals surface area (Å²) in [5, 5.41) is 5.38. The molecule has 0 radical (unpaired) electrons. The van der Waals surface area contributed by atoms with Crippen molar-refractivity contribution in [3.63, 3.8) is 0 Å². The van der Waals surface area contributed by atoms with Gasteiger partial charge in [0.1, 0.15) is 6.54 Å². The number of aromatic nitrogens is 1. The van der Waals surface area contributed by atoms with Crippen molar-refractivity contribution in [2.75, 3.05) is 38.0 Å². The molecule has 3 rings (SSSR count). The number of thiazole rings is 1. The monoisotopic (exact) mass is 539 g/mol. The van der Waals surface area contributed by atoms with Gasteiger partial charge in [-0.15, -0.1) is 11.3 Å². The summed E-state index contributed by atoms with van der Waals surface area (Å²) in [5.74, 6) is -0.815. The summed E-state index contributed by atoms with van der Waals surface area (Å²) in [5.41, 5.74) is 0.886. The molecule has 1 fully saturated rings. The minimum atomic E-state index is -0.403. The van der Waals surface area contributed by atoms with Crippen LogP contribution in [0.2, 0.25) is 10.0 Å². The molecule has 2 aromatic rings. The number of halogens is 2. The van der Waals surface area contributed by atoms with Gasteiger partial charge >= 0.3 is 0 Å². The first-order chi connectivity index (χ1) is 16.5. The standard InChI is InChI=1S/C23H27Cl2N5O4S/c1-14(2)30(22(34)16-4-5-18(24)19(25)10-16)12-20(32)27-23-26-17(13-35-23)11-21(33)29-8-6-28(7-9-29)15(3)31/h4-5,10,13-14H,6-9,11-12H2,1-3H3,(H,26,27,32). The Bertz CT molecular complexity index is 1120. The van der Waals surface area contributed by atoms with Gasteiger partial charge in [-0.05, 0) is 32.0 Å². The molecule has 0 atom stereocenters. The van der Waals surface area contributed by atoms with Gasteiger partial charge in [-0.1, -0.05) is 23.2 Å². The number of carbonyl (C=O) groups is 4. The molecule has 1 aromatic carbocycles. The first-order valence-corrected chi connectivity index (χ1v) is 12.7. The van der Waals surface area contributed by atoms with Crippen LogP contribution < -0.4 is 5.32 Å². The Labute approximate surface area is 218 Å². The Morgan fingerprint density at radius 3 is 2.34 bits per heavy atom. The SMILES string of the molecule is CC(=O)N1CCN(C(=O)Cc2csc(NC(=O)CN(C(=O)c3ccc(Cl)c(Cl)c3)C(C)C)n2)CC1. The van der Waals surface area contributed by atoms with E-state index in [4.69, 9.17) is 23.2 Å². The second-order valence-electron chi connectivity index (χ2n) is 8.41. The van der Waals surface area contributed by atoms with E-state index < -0.39 is 5.91 Å². The predicted molar refractivity (Wildman–Crippen MR) is 136 cm³/mol. The number of hydrogen-bond donors (Lipinski definition) is 1. The predicted octanol–water partition coefficient (Wildman–Crippen LogP) is 3.17. The second-order valence-corrected chi connectivity index (χ2v) is 10.1. The molecule has 0 aliphatic carbocycles. The van der Waals surface area contributed by atoms with Gasteiger partial charge in [0.15, 0.2) is 5.13 Å². The second kappa shape index (κ2) is 11.8. The zero-order valence-electron chi connectivity index (χ0n) is 19.7. The van der Waals surface area contributed by atoms with Crippen molar-refractivity contribution in [1.29, 1.82) is 0 Å². The maximum absolute atomic E-state index is 12.9. The topological polar surface area (TPSA) is 103 Å². The van der Waals surface area contributed by atoms with Crippen molar-refractivity contribution in [2.24, 2.45) is 0 Å². The molecule has 1 N–H and O–H groups in total. The van der Waals surface area contributed by atoms with E-state index in [0.29, 0.717) is 47.6 Å². The zero-order valence-corrected chi connectivity index (χ0v) is 22.0. The van der Waals surface area contributed by atoms with Crippen LogP contribution in [0.25, 0.3) is 0 Å². The summed E-state index contributed by atoms with van der Waals surface area (Å²) in [4.78, 5) is 58.8. The highest BCUT2D eigenvalue weighted by Gasteiger charge is 2.24. The molecular weight excluding hydrogens is 513 g/mol. The van der Waals surface area contributed by atoms with E-state index in [1.807, 2.05) is 13.8 Å². The fourth-order valence-corrected chi connectivity index (χ4v) is 4.60. The Morgan fingerprint density at radius 2 is 1.74 bits per heavy atom. The maximum Gasteiger partial charge on any atom is 0.254 e. The smallest absolute Gasteiger partial charge is 0.254 e. The molecule has 9 nitrogen and oxygen atoms in total. The fraction of sp³-hybridized carbons (Fsp3) is 0.435. The molecule has 0 bridgehead atoms. The van der Waals surface area contributed by atoms with Crippen LogP contribution in [0.4, 0.5) is 5.13 Å². The average Bonchev–Trinajstić information content (AvgIpc) is 3.25. The number of anilines is 1. The molecule has 1 aliphatic rings. The first kappa shape index (κ1) is 26.9. The molecule has 1 saturated heterocycles. The number of benzene rings is 1. The highest BCUT2D eigenvalue weighted by Crippen LogP contribution is 2.24. The van der Waals surface area contributed by atoms with Gasteiger partial charge in [-0.3, -0.25) is 19.2 Å². The molecule has 12 heteroatoms. The van der Waals surface area contributed by atoms with Crippen LogP contribution in [0.15, 0.2) is 23.6 Å². The average molecular weight is 540 g/mol. The quantitative estimate of drug-likeness (QED) is 0.581. The minimum Gasteiger partial charge on any atom is -0.339 e. The summed E-state index contributed by atoms with van der Waals surface area (Å²) < 4.78 is 0. The van der Waals surface area contributed by atoms with Crippen molar-refractivity contribution in [1.82, 2.24) is 19.7 Å². The minimum absolute atomic E-state index is 0.00618. The van der Waals surface area contributed by atoms with Crippen LogP contribution in [0, 0.1) is 0 Å². The van der Waals surface area contributed by atoms with Crippen molar-refractivity contribution < 1.29 is 19.2 Å². The zero-order chi connectivity index (χ0) is 25.7. The summed E-state index contributed by atoms with van der Waals surface area (Å²) >= 11 is 13.2. The number of nitrogens with zero attached hydrogens (tertiary/aromatic N) is 4. The van der Waals surface area contributed by atoms with Crippen LogP contribution in [0.1, 0.15) is 36.8 Å². The Balaban J connectivity index is 1.55. The molecule has 35 heavy (non-hydrogen) atoms. The highest BCUT2D eigenvalue weighted by molar-refractivity contribution is 7.13. The third-order valence-electron chi connectivity index (χ3n) is 5.57. The van der Waals surface area contributed by atoms with Gasteiger partial charge in [0, 0.05) is 50.1 Å². The van der Waals surface area contributed by atoms with Gasteiger partial charge in [-0.2, -0.15) is 0 Å². The lowest BCUT2D eigenvalue weighted by molar-refractivity contribution is -0.138. The molecular formula is C23H27Cl2N5O4S. The van der Waals surface area contributed by atoms with E-state index >= 15 is 0 Å². The molecule has 4 amide bonds. The normalized spacial score (nSPS) is 13.7. The number of rotatable bonds is 7. The van der Waals surface area contributed by atoms with Gasteiger partial charge in [0.2, 0.25) is 17.7 Å².